The molecule has 3 rings (SSSR count). The fourth-order valence-electron chi connectivity index (χ4n) is 2.73. The molecule has 0 atom stereocenters. The van der Waals surface area contributed by atoms with Crippen LogP contribution in [0.2, 0.25) is 0 Å². The van der Waals surface area contributed by atoms with Gasteiger partial charge in [-0.25, -0.2) is 9.18 Å². The van der Waals surface area contributed by atoms with E-state index in [1.54, 1.807) is 37.7 Å². The summed E-state index contributed by atoms with van der Waals surface area (Å²) in [6.45, 7) is 3.69. The second-order valence-corrected chi connectivity index (χ2v) is 6.24. The predicted molar refractivity (Wildman–Crippen MR) is 98.6 cm³/mol. The number of hydrogen-bond acceptors (Lipinski definition) is 4. The second kappa shape index (κ2) is 7.05. The molecule has 0 saturated carbocycles. The van der Waals surface area contributed by atoms with Gasteiger partial charge in [0.25, 0.3) is 0 Å². The largest absolute Gasteiger partial charge is 0.374 e. The van der Waals surface area contributed by atoms with Crippen molar-refractivity contribution in [3.63, 3.8) is 0 Å². The van der Waals surface area contributed by atoms with Crippen LogP contribution in [0.15, 0.2) is 48.9 Å². The maximum absolute atomic E-state index is 13.8. The third kappa shape index (κ3) is 3.62. The van der Waals surface area contributed by atoms with E-state index in [2.05, 4.69) is 20.6 Å². The highest BCUT2D eigenvalue weighted by Gasteiger charge is 2.27. The molecule has 1 aromatic carbocycles. The standard InChI is InChI=1S/C19H19FN4O2/c1-19(2,26-3)17-14-9-12(20)6-7-15(14)22-11-16(17)24-18(25)23-13-5-4-8-21-10-13/h4-11H,1-3H3,(H2,23,24,25). The van der Waals surface area contributed by atoms with Gasteiger partial charge in [0.15, 0.2) is 0 Å². The molecule has 6 nitrogen and oxygen atoms in total. The van der Waals surface area contributed by atoms with Gasteiger partial charge in [-0.3, -0.25) is 9.97 Å². The van der Waals surface area contributed by atoms with Crippen LogP contribution in [0.3, 0.4) is 0 Å². The van der Waals surface area contributed by atoms with Crippen molar-refractivity contribution in [2.24, 2.45) is 0 Å². The fraction of sp³-hybridized carbons (Fsp3) is 0.211. The van der Waals surface area contributed by atoms with Gasteiger partial charge in [-0.2, -0.15) is 0 Å². The molecule has 0 spiro atoms. The lowest BCUT2D eigenvalue weighted by atomic mass is 9.92. The summed E-state index contributed by atoms with van der Waals surface area (Å²) in [7, 11) is 1.56. The van der Waals surface area contributed by atoms with Gasteiger partial charge < -0.3 is 15.4 Å². The number of nitrogens with zero attached hydrogens (tertiary/aromatic N) is 2. The van der Waals surface area contributed by atoms with E-state index < -0.39 is 11.6 Å². The number of benzene rings is 1. The molecule has 0 radical (unpaired) electrons. The smallest absolute Gasteiger partial charge is 0.323 e. The minimum Gasteiger partial charge on any atom is -0.374 e. The molecule has 0 aliphatic rings. The molecule has 0 bridgehead atoms. The van der Waals surface area contributed by atoms with Crippen molar-refractivity contribution >= 4 is 28.3 Å². The van der Waals surface area contributed by atoms with E-state index in [1.165, 1.54) is 18.3 Å². The monoisotopic (exact) mass is 354 g/mol. The summed E-state index contributed by atoms with van der Waals surface area (Å²) in [6.07, 6.45) is 4.69. The highest BCUT2D eigenvalue weighted by Crippen LogP contribution is 2.36. The summed E-state index contributed by atoms with van der Waals surface area (Å²) in [4.78, 5) is 20.6. The molecule has 0 saturated heterocycles. The van der Waals surface area contributed by atoms with Crippen molar-refractivity contribution < 1.29 is 13.9 Å². The minimum absolute atomic E-state index is 0.385. The average molecular weight is 354 g/mol. The topological polar surface area (TPSA) is 76.1 Å². The zero-order valence-corrected chi connectivity index (χ0v) is 14.7. The van der Waals surface area contributed by atoms with Gasteiger partial charge in [-0.15, -0.1) is 0 Å². The fourth-order valence-corrected chi connectivity index (χ4v) is 2.73. The molecule has 2 aromatic heterocycles. The second-order valence-electron chi connectivity index (χ2n) is 6.24. The Hall–Kier alpha value is -3.06. The number of carbonyl (C=O) groups is 1. The quantitative estimate of drug-likeness (QED) is 0.733. The number of ether oxygens (including phenoxy) is 1. The number of amides is 2. The van der Waals surface area contributed by atoms with Gasteiger partial charge in [-0.1, -0.05) is 0 Å². The molecule has 134 valence electrons. The number of aromatic nitrogens is 2. The number of fused-ring (bicyclic) bond motifs is 1. The zero-order valence-electron chi connectivity index (χ0n) is 14.7. The van der Waals surface area contributed by atoms with E-state index in [1.807, 2.05) is 13.8 Å². The van der Waals surface area contributed by atoms with Crippen molar-refractivity contribution in [3.05, 3.63) is 60.3 Å². The van der Waals surface area contributed by atoms with Crippen LogP contribution in [0.5, 0.6) is 0 Å². The number of nitrogens with one attached hydrogen (secondary N) is 2. The number of methoxy groups -OCH3 is 1. The molecule has 26 heavy (non-hydrogen) atoms. The van der Waals surface area contributed by atoms with E-state index in [0.717, 1.165) is 0 Å². The molecule has 0 fully saturated rings. The van der Waals surface area contributed by atoms with Gasteiger partial charge in [-0.05, 0) is 44.2 Å². The van der Waals surface area contributed by atoms with Crippen LogP contribution in [0.25, 0.3) is 10.9 Å². The first-order valence-corrected chi connectivity index (χ1v) is 8.02. The van der Waals surface area contributed by atoms with Crippen molar-refractivity contribution in [1.82, 2.24) is 9.97 Å². The number of pyridine rings is 2. The lowest BCUT2D eigenvalue weighted by Gasteiger charge is -2.27. The maximum Gasteiger partial charge on any atom is 0.323 e. The molecule has 0 aliphatic heterocycles. The lowest BCUT2D eigenvalue weighted by molar-refractivity contribution is 0.0210. The number of carbonyl (C=O) groups excluding carboxylic acids is 1. The minimum atomic E-state index is -0.772. The van der Waals surface area contributed by atoms with Crippen LogP contribution in [-0.4, -0.2) is 23.1 Å². The first kappa shape index (κ1) is 17.8. The summed E-state index contributed by atoms with van der Waals surface area (Å²) in [5.41, 5.74) is 1.48. The number of anilines is 2. The van der Waals surface area contributed by atoms with E-state index in [-0.39, 0.29) is 5.82 Å². The summed E-state index contributed by atoms with van der Waals surface area (Å²) < 4.78 is 19.4. The zero-order chi connectivity index (χ0) is 18.7. The number of urea groups is 1. The Bertz CT molecular complexity index is 945. The van der Waals surface area contributed by atoms with E-state index >= 15 is 0 Å². The highest BCUT2D eigenvalue weighted by molar-refractivity contribution is 6.02. The Morgan fingerprint density at radius 3 is 2.69 bits per heavy atom. The molecule has 7 heteroatoms. The summed E-state index contributed by atoms with van der Waals surface area (Å²) in [5.74, 6) is -0.385. The lowest BCUT2D eigenvalue weighted by Crippen LogP contribution is -2.26. The van der Waals surface area contributed by atoms with Crippen LogP contribution < -0.4 is 10.6 Å². The Kier molecular flexibility index (Phi) is 4.81. The molecule has 0 aliphatic carbocycles. The van der Waals surface area contributed by atoms with Crippen LogP contribution >= 0.6 is 0 Å². The van der Waals surface area contributed by atoms with Crippen LogP contribution in [0.4, 0.5) is 20.6 Å². The third-order valence-corrected chi connectivity index (χ3v) is 4.11. The molecule has 0 unspecified atom stereocenters. The third-order valence-electron chi connectivity index (χ3n) is 4.11. The summed E-state index contributed by atoms with van der Waals surface area (Å²) in [5, 5.41) is 6.04. The van der Waals surface area contributed by atoms with Crippen LogP contribution in [0.1, 0.15) is 19.4 Å². The predicted octanol–water partition coefficient (Wildman–Crippen LogP) is 4.29. The first-order chi connectivity index (χ1) is 12.4. The molecule has 2 heterocycles. The van der Waals surface area contributed by atoms with E-state index in [9.17, 15) is 9.18 Å². The highest BCUT2D eigenvalue weighted by atomic mass is 19.1. The van der Waals surface area contributed by atoms with Gasteiger partial charge in [0.1, 0.15) is 5.82 Å². The Labute approximate surface area is 150 Å². The number of hydrogen-bond donors (Lipinski definition) is 2. The number of halogens is 1. The van der Waals surface area contributed by atoms with Crippen molar-refractivity contribution in [2.75, 3.05) is 17.7 Å². The number of rotatable bonds is 4. The Balaban J connectivity index is 2.02. The van der Waals surface area contributed by atoms with Crippen LogP contribution in [0, 0.1) is 5.82 Å². The summed E-state index contributed by atoms with van der Waals surface area (Å²) in [6, 6.07) is 7.32. The van der Waals surface area contributed by atoms with Crippen molar-refractivity contribution in [3.8, 4) is 0 Å². The van der Waals surface area contributed by atoms with Gasteiger partial charge in [0.05, 0.1) is 34.9 Å². The normalized spacial score (nSPS) is 11.4. The Morgan fingerprint density at radius 2 is 2.00 bits per heavy atom. The molecular weight excluding hydrogens is 335 g/mol. The van der Waals surface area contributed by atoms with Crippen LogP contribution in [-0.2, 0) is 10.3 Å². The molecule has 2 N–H and O–H groups in total. The average Bonchev–Trinajstić information content (AvgIpc) is 2.61. The SMILES string of the molecule is COC(C)(C)c1c(NC(=O)Nc2cccnc2)cnc2ccc(F)cc12. The first-order valence-electron chi connectivity index (χ1n) is 8.02. The van der Waals surface area contributed by atoms with E-state index in [4.69, 9.17) is 4.74 Å². The Morgan fingerprint density at radius 1 is 1.19 bits per heavy atom. The molecular formula is C19H19FN4O2. The van der Waals surface area contributed by atoms with Gasteiger partial charge >= 0.3 is 6.03 Å². The van der Waals surface area contributed by atoms with Crippen molar-refractivity contribution in [1.29, 1.82) is 0 Å². The van der Waals surface area contributed by atoms with Crippen molar-refractivity contribution in [2.45, 2.75) is 19.4 Å². The molecule has 3 aromatic rings. The summed E-state index contributed by atoms with van der Waals surface area (Å²) >= 11 is 0. The van der Waals surface area contributed by atoms with Gasteiger partial charge in [0.2, 0.25) is 0 Å². The van der Waals surface area contributed by atoms with Gasteiger partial charge in [0, 0.05) is 24.3 Å². The maximum atomic E-state index is 13.8. The molecule has 2 amide bonds. The van der Waals surface area contributed by atoms with E-state index in [0.29, 0.717) is 27.8 Å².